The molecule has 0 aliphatic carbocycles. The zero-order valence-electron chi connectivity index (χ0n) is 9.05. The van der Waals surface area contributed by atoms with Crippen LogP contribution in [0.25, 0.3) is 0 Å². The van der Waals surface area contributed by atoms with Crippen LogP contribution in [0.2, 0.25) is 0 Å². The third-order valence-electron chi connectivity index (χ3n) is 3.05. The average Bonchev–Trinajstić information content (AvgIpc) is 2.49. The Kier molecular flexibility index (Phi) is 4.07. The highest BCUT2D eigenvalue weighted by molar-refractivity contribution is 8.00. The number of thioether (sulfide) groups is 1. The molecule has 0 saturated carbocycles. The normalized spacial score (nSPS) is 34.4. The van der Waals surface area contributed by atoms with Crippen LogP contribution in [0.15, 0.2) is 0 Å². The molecular formula is C10H22N2S. The standard InChI is InChI=1S/C10H22N2S/c1-4-5-12(3)10(7-11)6-9(2)13-8-10/h9H,4-8,11H2,1-3H3. The van der Waals surface area contributed by atoms with Gasteiger partial charge in [-0.3, -0.25) is 4.90 Å². The molecule has 0 aromatic carbocycles. The molecule has 0 radical (unpaired) electrons. The van der Waals surface area contributed by atoms with Crippen molar-refractivity contribution in [3.8, 4) is 0 Å². The lowest BCUT2D eigenvalue weighted by Gasteiger charge is -2.37. The zero-order valence-corrected chi connectivity index (χ0v) is 9.86. The molecule has 1 fully saturated rings. The largest absolute Gasteiger partial charge is 0.329 e. The molecule has 0 bridgehead atoms. The summed E-state index contributed by atoms with van der Waals surface area (Å²) >= 11 is 2.06. The van der Waals surface area contributed by atoms with Crippen molar-refractivity contribution in [2.24, 2.45) is 5.73 Å². The maximum absolute atomic E-state index is 5.91. The Labute approximate surface area is 86.2 Å². The van der Waals surface area contributed by atoms with E-state index in [0.717, 1.165) is 11.8 Å². The molecule has 1 aliphatic rings. The van der Waals surface area contributed by atoms with E-state index in [1.54, 1.807) is 0 Å². The monoisotopic (exact) mass is 202 g/mol. The Bertz CT molecular complexity index is 163. The van der Waals surface area contributed by atoms with Crippen LogP contribution < -0.4 is 5.73 Å². The molecule has 0 aromatic rings. The van der Waals surface area contributed by atoms with E-state index in [-0.39, 0.29) is 0 Å². The molecule has 0 aromatic heterocycles. The summed E-state index contributed by atoms with van der Waals surface area (Å²) in [7, 11) is 2.22. The third-order valence-corrected chi connectivity index (χ3v) is 4.49. The van der Waals surface area contributed by atoms with E-state index >= 15 is 0 Å². The molecule has 2 N–H and O–H groups in total. The molecule has 0 spiro atoms. The summed E-state index contributed by atoms with van der Waals surface area (Å²) in [5, 5.41) is 0.780. The summed E-state index contributed by atoms with van der Waals surface area (Å²) in [4.78, 5) is 2.46. The fraction of sp³-hybridized carbons (Fsp3) is 1.00. The fourth-order valence-electron chi connectivity index (χ4n) is 2.09. The predicted molar refractivity (Wildman–Crippen MR) is 61.2 cm³/mol. The Morgan fingerprint density at radius 1 is 1.62 bits per heavy atom. The topological polar surface area (TPSA) is 29.3 Å². The first-order valence-electron chi connectivity index (χ1n) is 5.17. The van der Waals surface area contributed by atoms with Crippen LogP contribution >= 0.6 is 11.8 Å². The van der Waals surface area contributed by atoms with E-state index in [1.807, 2.05) is 0 Å². The van der Waals surface area contributed by atoms with Gasteiger partial charge in [-0.25, -0.2) is 0 Å². The van der Waals surface area contributed by atoms with Crippen molar-refractivity contribution in [3.05, 3.63) is 0 Å². The van der Waals surface area contributed by atoms with Gasteiger partial charge in [-0.05, 0) is 26.4 Å². The van der Waals surface area contributed by atoms with Crippen molar-refractivity contribution in [2.75, 3.05) is 25.9 Å². The van der Waals surface area contributed by atoms with Crippen molar-refractivity contribution < 1.29 is 0 Å². The number of rotatable bonds is 4. The van der Waals surface area contributed by atoms with Gasteiger partial charge in [0.25, 0.3) is 0 Å². The fourth-order valence-corrected chi connectivity index (χ4v) is 3.57. The molecule has 1 heterocycles. The second-order valence-electron chi connectivity index (χ2n) is 4.18. The molecule has 1 saturated heterocycles. The lowest BCUT2D eigenvalue weighted by Crippen LogP contribution is -2.52. The van der Waals surface area contributed by atoms with E-state index in [2.05, 4.69) is 37.6 Å². The molecule has 2 unspecified atom stereocenters. The maximum Gasteiger partial charge on any atom is 0.0429 e. The second-order valence-corrected chi connectivity index (χ2v) is 5.60. The number of hydrogen-bond donors (Lipinski definition) is 1. The van der Waals surface area contributed by atoms with Crippen molar-refractivity contribution >= 4 is 11.8 Å². The van der Waals surface area contributed by atoms with Crippen molar-refractivity contribution in [2.45, 2.75) is 37.5 Å². The van der Waals surface area contributed by atoms with Crippen LogP contribution in [0.1, 0.15) is 26.7 Å². The average molecular weight is 202 g/mol. The van der Waals surface area contributed by atoms with E-state index in [9.17, 15) is 0 Å². The molecule has 3 heteroatoms. The van der Waals surface area contributed by atoms with Gasteiger partial charge < -0.3 is 5.73 Å². The van der Waals surface area contributed by atoms with E-state index < -0.39 is 0 Å². The summed E-state index contributed by atoms with van der Waals surface area (Å²) < 4.78 is 0. The summed E-state index contributed by atoms with van der Waals surface area (Å²) in [6.07, 6.45) is 2.47. The van der Waals surface area contributed by atoms with Gasteiger partial charge in [0, 0.05) is 23.1 Å². The van der Waals surface area contributed by atoms with Crippen LogP contribution in [0.4, 0.5) is 0 Å². The Balaban J connectivity index is 2.59. The minimum Gasteiger partial charge on any atom is -0.329 e. The third kappa shape index (κ3) is 2.39. The molecule has 2 atom stereocenters. The summed E-state index contributed by atoms with van der Waals surface area (Å²) in [5.74, 6) is 1.21. The maximum atomic E-state index is 5.91. The van der Waals surface area contributed by atoms with Crippen LogP contribution in [0.5, 0.6) is 0 Å². The van der Waals surface area contributed by atoms with Crippen LogP contribution in [0, 0.1) is 0 Å². The van der Waals surface area contributed by atoms with Gasteiger partial charge in [-0.15, -0.1) is 0 Å². The minimum absolute atomic E-state index is 0.292. The highest BCUT2D eigenvalue weighted by atomic mass is 32.2. The van der Waals surface area contributed by atoms with Crippen LogP contribution in [-0.2, 0) is 0 Å². The minimum atomic E-state index is 0.292. The summed E-state index contributed by atoms with van der Waals surface area (Å²) in [5.41, 5.74) is 6.20. The Morgan fingerprint density at radius 3 is 2.69 bits per heavy atom. The first-order valence-corrected chi connectivity index (χ1v) is 6.22. The first kappa shape index (κ1) is 11.3. The van der Waals surface area contributed by atoms with Gasteiger partial charge in [0.15, 0.2) is 0 Å². The van der Waals surface area contributed by atoms with Crippen molar-refractivity contribution in [3.63, 3.8) is 0 Å². The number of nitrogens with two attached hydrogens (primary N) is 1. The molecular weight excluding hydrogens is 180 g/mol. The van der Waals surface area contributed by atoms with Gasteiger partial charge in [-0.2, -0.15) is 11.8 Å². The molecule has 13 heavy (non-hydrogen) atoms. The van der Waals surface area contributed by atoms with Gasteiger partial charge in [0.2, 0.25) is 0 Å². The van der Waals surface area contributed by atoms with Gasteiger partial charge in [0.05, 0.1) is 0 Å². The van der Waals surface area contributed by atoms with Gasteiger partial charge in [-0.1, -0.05) is 13.8 Å². The smallest absolute Gasteiger partial charge is 0.0429 e. The number of nitrogens with zero attached hydrogens (tertiary/aromatic N) is 1. The van der Waals surface area contributed by atoms with Gasteiger partial charge in [0.1, 0.15) is 0 Å². The van der Waals surface area contributed by atoms with Crippen molar-refractivity contribution in [1.82, 2.24) is 4.90 Å². The first-order chi connectivity index (χ1) is 6.14. The van der Waals surface area contributed by atoms with Crippen LogP contribution in [0.3, 0.4) is 0 Å². The van der Waals surface area contributed by atoms with E-state index in [4.69, 9.17) is 5.73 Å². The molecule has 2 nitrogen and oxygen atoms in total. The quantitative estimate of drug-likeness (QED) is 0.750. The Hall–Kier alpha value is 0.270. The summed E-state index contributed by atoms with van der Waals surface area (Å²) in [6, 6.07) is 0. The highest BCUT2D eigenvalue weighted by Gasteiger charge is 2.39. The van der Waals surface area contributed by atoms with E-state index in [0.29, 0.717) is 5.54 Å². The molecule has 78 valence electrons. The summed E-state index contributed by atoms with van der Waals surface area (Å²) in [6.45, 7) is 6.51. The van der Waals surface area contributed by atoms with E-state index in [1.165, 1.54) is 25.1 Å². The molecule has 1 rings (SSSR count). The predicted octanol–water partition coefficient (Wildman–Crippen LogP) is 1.55. The Morgan fingerprint density at radius 2 is 2.31 bits per heavy atom. The lowest BCUT2D eigenvalue weighted by molar-refractivity contribution is 0.147. The number of hydrogen-bond acceptors (Lipinski definition) is 3. The molecule has 0 amide bonds. The van der Waals surface area contributed by atoms with Crippen molar-refractivity contribution in [1.29, 1.82) is 0 Å². The second kappa shape index (κ2) is 4.67. The highest BCUT2D eigenvalue weighted by Crippen LogP contribution is 2.37. The zero-order chi connectivity index (χ0) is 9.90. The van der Waals surface area contributed by atoms with Crippen LogP contribution in [-0.4, -0.2) is 41.6 Å². The van der Waals surface area contributed by atoms with Gasteiger partial charge >= 0.3 is 0 Å². The lowest BCUT2D eigenvalue weighted by atomic mass is 9.94. The SMILES string of the molecule is CCCN(C)C1(CN)CSC(C)C1. The number of likely N-dealkylation sites (N-methyl/N-ethyl adjacent to an activating group) is 1. The molecule has 1 aliphatic heterocycles.